The lowest BCUT2D eigenvalue weighted by atomic mass is 10.1. The van der Waals surface area contributed by atoms with Crippen LogP contribution in [-0.4, -0.2) is 17.7 Å². The molecule has 0 spiro atoms. The molecule has 0 heterocycles. The number of hydroxylamine groups is 1. The number of hydrogen-bond acceptors (Lipinski definition) is 3. The minimum Gasteiger partial charge on any atom is -0.477 e. The molecular weight excluding hydrogens is 254 g/mol. The van der Waals surface area contributed by atoms with Crippen molar-refractivity contribution in [3.63, 3.8) is 0 Å². The smallest absolute Gasteiger partial charge is 0.353 e. The molecule has 18 heavy (non-hydrogen) atoms. The van der Waals surface area contributed by atoms with Gasteiger partial charge in [-0.3, -0.25) is 10.3 Å². The number of aliphatic carboxylic acids is 1. The molecule has 1 aromatic carbocycles. The number of nitrogens with one attached hydrogen (secondary N) is 1. The van der Waals surface area contributed by atoms with Gasteiger partial charge in [-0.05, 0) is 30.2 Å². The topological polar surface area (TPSA) is 58.6 Å². The fraction of sp³-hybridized carbons (Fsp3) is 0.154. The maximum Gasteiger partial charge on any atom is 0.353 e. The molecule has 1 aromatic rings. The van der Waals surface area contributed by atoms with Crippen molar-refractivity contribution < 1.29 is 14.7 Å². The van der Waals surface area contributed by atoms with E-state index in [1.54, 1.807) is 6.08 Å². The molecule has 96 valence electrons. The van der Waals surface area contributed by atoms with E-state index in [0.29, 0.717) is 5.02 Å². The van der Waals surface area contributed by atoms with Gasteiger partial charge < -0.3 is 5.11 Å². The molecule has 0 bridgehead atoms. The number of halogens is 1. The van der Waals surface area contributed by atoms with Gasteiger partial charge in [-0.15, -0.1) is 0 Å². The van der Waals surface area contributed by atoms with E-state index < -0.39 is 5.97 Å². The summed E-state index contributed by atoms with van der Waals surface area (Å²) in [6.45, 7) is 5.45. The molecule has 0 unspecified atom stereocenters. The SMILES string of the molecule is C=C(NOCC=Cc1cc(Cl)ccc1C)C(=O)O. The van der Waals surface area contributed by atoms with E-state index in [2.05, 4.69) is 12.1 Å². The van der Waals surface area contributed by atoms with Gasteiger partial charge in [-0.25, -0.2) is 4.79 Å². The summed E-state index contributed by atoms with van der Waals surface area (Å²) in [5.74, 6) is -1.15. The maximum absolute atomic E-state index is 10.4. The molecule has 0 atom stereocenters. The van der Waals surface area contributed by atoms with E-state index in [0.717, 1.165) is 11.1 Å². The highest BCUT2D eigenvalue weighted by Gasteiger charge is 2.01. The Kier molecular flexibility index (Phi) is 5.42. The van der Waals surface area contributed by atoms with Crippen LogP contribution in [-0.2, 0) is 9.63 Å². The van der Waals surface area contributed by atoms with Gasteiger partial charge in [0, 0.05) is 5.02 Å². The Labute approximate surface area is 110 Å². The minimum atomic E-state index is -1.15. The molecule has 0 aliphatic carbocycles. The van der Waals surface area contributed by atoms with Crippen molar-refractivity contribution in [3.05, 3.63) is 52.7 Å². The second kappa shape index (κ2) is 6.83. The van der Waals surface area contributed by atoms with E-state index >= 15 is 0 Å². The van der Waals surface area contributed by atoms with Gasteiger partial charge in [0.2, 0.25) is 0 Å². The van der Waals surface area contributed by atoms with Crippen LogP contribution >= 0.6 is 11.6 Å². The first-order valence-corrected chi connectivity index (χ1v) is 5.61. The summed E-state index contributed by atoms with van der Waals surface area (Å²) in [6.07, 6.45) is 3.60. The van der Waals surface area contributed by atoms with Gasteiger partial charge in [0.25, 0.3) is 0 Å². The summed E-state index contributed by atoms with van der Waals surface area (Å²) < 4.78 is 0. The van der Waals surface area contributed by atoms with Gasteiger partial charge in [-0.1, -0.05) is 36.4 Å². The van der Waals surface area contributed by atoms with Crippen LogP contribution in [0.2, 0.25) is 5.02 Å². The molecule has 0 aliphatic rings. The van der Waals surface area contributed by atoms with Gasteiger partial charge in [-0.2, -0.15) is 0 Å². The molecule has 0 aromatic heterocycles. The Morgan fingerprint density at radius 2 is 2.33 bits per heavy atom. The second-order valence-electron chi connectivity index (χ2n) is 3.60. The minimum absolute atomic E-state index is 0.206. The lowest BCUT2D eigenvalue weighted by Gasteiger charge is -2.04. The van der Waals surface area contributed by atoms with Gasteiger partial charge in [0.1, 0.15) is 5.70 Å². The molecule has 0 fully saturated rings. The van der Waals surface area contributed by atoms with Crippen LogP contribution in [0, 0.1) is 6.92 Å². The number of carboxylic acid groups (broad SMARTS) is 1. The first-order chi connectivity index (χ1) is 8.50. The molecule has 0 saturated heterocycles. The predicted molar refractivity (Wildman–Crippen MR) is 71.1 cm³/mol. The van der Waals surface area contributed by atoms with Crippen LogP contribution in [0.25, 0.3) is 6.08 Å². The summed E-state index contributed by atoms with van der Waals surface area (Å²) in [4.78, 5) is 15.3. The first kappa shape index (κ1) is 14.3. The van der Waals surface area contributed by atoms with Crippen LogP contribution in [0.3, 0.4) is 0 Å². The fourth-order valence-electron chi connectivity index (χ4n) is 1.19. The van der Waals surface area contributed by atoms with Crippen LogP contribution in [0.5, 0.6) is 0 Å². The quantitative estimate of drug-likeness (QED) is 0.473. The standard InChI is InChI=1S/C13H14ClNO3/c1-9-5-6-12(14)8-11(9)4-3-7-18-15-10(2)13(16)17/h3-6,8,15H,2,7H2,1H3,(H,16,17). The van der Waals surface area contributed by atoms with Crippen molar-refractivity contribution in [2.45, 2.75) is 6.92 Å². The number of rotatable bonds is 6. The van der Waals surface area contributed by atoms with E-state index in [4.69, 9.17) is 21.5 Å². The van der Waals surface area contributed by atoms with Crippen molar-refractivity contribution in [1.29, 1.82) is 0 Å². The third-order valence-electron chi connectivity index (χ3n) is 2.17. The van der Waals surface area contributed by atoms with Gasteiger partial charge >= 0.3 is 5.97 Å². The number of hydrogen-bond donors (Lipinski definition) is 2. The molecule has 0 radical (unpaired) electrons. The van der Waals surface area contributed by atoms with Crippen molar-refractivity contribution in [2.24, 2.45) is 0 Å². The molecular formula is C13H14ClNO3. The summed E-state index contributed by atoms with van der Waals surface area (Å²) >= 11 is 5.88. The molecule has 0 saturated carbocycles. The maximum atomic E-state index is 10.4. The largest absolute Gasteiger partial charge is 0.477 e. The first-order valence-electron chi connectivity index (χ1n) is 5.23. The summed E-state index contributed by atoms with van der Waals surface area (Å²) in [5.41, 5.74) is 4.10. The number of benzene rings is 1. The summed E-state index contributed by atoms with van der Waals surface area (Å²) in [7, 11) is 0. The zero-order valence-electron chi connectivity index (χ0n) is 9.94. The normalized spacial score (nSPS) is 10.6. The van der Waals surface area contributed by atoms with Crippen molar-refractivity contribution >= 4 is 23.6 Å². The molecule has 1 rings (SSSR count). The Morgan fingerprint density at radius 1 is 1.61 bits per heavy atom. The van der Waals surface area contributed by atoms with E-state index in [1.165, 1.54) is 0 Å². The molecule has 2 N–H and O–H groups in total. The Balaban J connectivity index is 2.43. The fourth-order valence-corrected chi connectivity index (χ4v) is 1.37. The third-order valence-corrected chi connectivity index (χ3v) is 2.41. The van der Waals surface area contributed by atoms with Crippen molar-refractivity contribution in [1.82, 2.24) is 5.48 Å². The van der Waals surface area contributed by atoms with Crippen LogP contribution in [0.15, 0.2) is 36.6 Å². The molecule has 0 aliphatic heterocycles. The Morgan fingerprint density at radius 3 is 3.00 bits per heavy atom. The highest BCUT2D eigenvalue weighted by atomic mass is 35.5. The molecule has 5 heteroatoms. The molecule has 0 amide bonds. The highest BCUT2D eigenvalue weighted by Crippen LogP contribution is 2.16. The van der Waals surface area contributed by atoms with E-state index in [-0.39, 0.29) is 12.3 Å². The number of carbonyl (C=O) groups is 1. The van der Waals surface area contributed by atoms with Crippen molar-refractivity contribution in [2.75, 3.05) is 6.61 Å². The predicted octanol–water partition coefficient (Wildman–Crippen LogP) is 2.78. The van der Waals surface area contributed by atoms with E-state index in [9.17, 15) is 4.79 Å². The zero-order valence-corrected chi connectivity index (χ0v) is 10.7. The lowest BCUT2D eigenvalue weighted by Crippen LogP contribution is -2.19. The zero-order chi connectivity index (χ0) is 13.5. The average Bonchev–Trinajstić information content (AvgIpc) is 2.32. The van der Waals surface area contributed by atoms with Gasteiger partial charge in [0.05, 0.1) is 6.61 Å². The van der Waals surface area contributed by atoms with E-state index in [1.807, 2.05) is 31.2 Å². The van der Waals surface area contributed by atoms with Crippen LogP contribution in [0.4, 0.5) is 0 Å². The molecule has 4 nitrogen and oxygen atoms in total. The Bertz CT molecular complexity index is 483. The average molecular weight is 268 g/mol. The Hall–Kier alpha value is -1.78. The summed E-state index contributed by atoms with van der Waals surface area (Å²) in [6, 6.07) is 5.59. The number of carboxylic acids is 1. The monoisotopic (exact) mass is 267 g/mol. The van der Waals surface area contributed by atoms with Crippen LogP contribution < -0.4 is 5.48 Å². The second-order valence-corrected chi connectivity index (χ2v) is 4.04. The van der Waals surface area contributed by atoms with Crippen LogP contribution in [0.1, 0.15) is 11.1 Å². The number of aryl methyl sites for hydroxylation is 1. The van der Waals surface area contributed by atoms with Crippen molar-refractivity contribution in [3.8, 4) is 0 Å². The highest BCUT2D eigenvalue weighted by molar-refractivity contribution is 6.30. The lowest BCUT2D eigenvalue weighted by molar-refractivity contribution is -0.134. The van der Waals surface area contributed by atoms with Gasteiger partial charge in [0.15, 0.2) is 0 Å². The summed E-state index contributed by atoms with van der Waals surface area (Å²) in [5, 5.41) is 9.17. The third kappa shape index (κ3) is 4.61.